The average molecular weight is 361 g/mol. The number of carboxylic acid groups (broad SMARTS) is 1. The molecule has 1 fully saturated rings. The number of carbonyl (C=O) groups excluding carboxylic acids is 2. The highest BCUT2D eigenvalue weighted by molar-refractivity contribution is 5.89. The molecular formula is C19H27N3O4. The zero-order chi connectivity index (χ0) is 19.3. The highest BCUT2D eigenvalue weighted by Gasteiger charge is 2.41. The van der Waals surface area contributed by atoms with Gasteiger partial charge in [0.05, 0.1) is 17.9 Å². The molecule has 1 saturated carbocycles. The average Bonchev–Trinajstić information content (AvgIpc) is 2.54. The van der Waals surface area contributed by atoms with Crippen molar-refractivity contribution in [3.05, 3.63) is 29.8 Å². The molecule has 0 heterocycles. The minimum Gasteiger partial charge on any atom is -0.481 e. The number of rotatable bonds is 7. The Kier molecular flexibility index (Phi) is 6.60. The number of hydrogen-bond acceptors (Lipinski definition) is 3. The largest absolute Gasteiger partial charge is 0.481 e. The lowest BCUT2D eigenvalue weighted by Gasteiger charge is -2.33. The molecular weight excluding hydrogens is 334 g/mol. The van der Waals surface area contributed by atoms with Crippen molar-refractivity contribution in [1.29, 1.82) is 0 Å². The first-order valence-electron chi connectivity index (χ1n) is 9.06. The molecule has 2 rings (SSSR count). The lowest BCUT2D eigenvalue weighted by Crippen LogP contribution is -2.44. The molecule has 7 nitrogen and oxygen atoms in total. The van der Waals surface area contributed by atoms with E-state index in [2.05, 4.69) is 10.6 Å². The molecule has 0 radical (unpaired) electrons. The summed E-state index contributed by atoms with van der Waals surface area (Å²) < 4.78 is 0. The summed E-state index contributed by atoms with van der Waals surface area (Å²) in [6.45, 7) is 6.99. The van der Waals surface area contributed by atoms with Gasteiger partial charge in [-0.3, -0.25) is 9.59 Å². The molecule has 1 aromatic rings. The zero-order valence-corrected chi connectivity index (χ0v) is 15.5. The molecule has 7 heteroatoms. The van der Waals surface area contributed by atoms with Gasteiger partial charge in [-0.2, -0.15) is 0 Å². The molecule has 3 unspecified atom stereocenters. The van der Waals surface area contributed by atoms with Crippen LogP contribution in [0, 0.1) is 11.8 Å². The molecule has 3 atom stereocenters. The van der Waals surface area contributed by atoms with Crippen molar-refractivity contribution in [2.24, 2.45) is 11.8 Å². The fourth-order valence-corrected chi connectivity index (χ4v) is 3.08. The van der Waals surface area contributed by atoms with Crippen LogP contribution in [0.15, 0.2) is 24.3 Å². The van der Waals surface area contributed by atoms with Gasteiger partial charge in [0, 0.05) is 18.8 Å². The van der Waals surface area contributed by atoms with Crippen molar-refractivity contribution in [2.45, 2.75) is 39.7 Å². The highest BCUT2D eigenvalue weighted by Crippen LogP contribution is 2.35. The molecule has 0 bridgehead atoms. The van der Waals surface area contributed by atoms with Crippen LogP contribution in [0.2, 0.25) is 0 Å². The zero-order valence-electron chi connectivity index (χ0n) is 15.5. The minimum absolute atomic E-state index is 0.145. The number of nitrogens with zero attached hydrogens (tertiary/aromatic N) is 1. The van der Waals surface area contributed by atoms with E-state index < -0.39 is 17.8 Å². The molecule has 142 valence electrons. The Morgan fingerprint density at radius 2 is 1.69 bits per heavy atom. The van der Waals surface area contributed by atoms with Crippen molar-refractivity contribution in [3.63, 3.8) is 0 Å². The van der Waals surface area contributed by atoms with E-state index in [4.69, 9.17) is 5.11 Å². The van der Waals surface area contributed by atoms with Crippen molar-refractivity contribution in [2.75, 3.05) is 18.4 Å². The SMILES string of the molecule is CCN(CC)C(=O)Nc1ccc(C(C)NC(=O)C2CCC2C(=O)O)cc1. The number of hydrogen-bond donors (Lipinski definition) is 3. The van der Waals surface area contributed by atoms with Crippen LogP contribution in [0.5, 0.6) is 0 Å². The Balaban J connectivity index is 1.92. The van der Waals surface area contributed by atoms with Crippen LogP contribution >= 0.6 is 0 Å². The van der Waals surface area contributed by atoms with Gasteiger partial charge in [-0.05, 0) is 51.3 Å². The molecule has 0 aromatic heterocycles. The summed E-state index contributed by atoms with van der Waals surface area (Å²) in [7, 11) is 0. The summed E-state index contributed by atoms with van der Waals surface area (Å²) in [6, 6.07) is 6.90. The highest BCUT2D eigenvalue weighted by atomic mass is 16.4. The van der Waals surface area contributed by atoms with Crippen LogP contribution in [0.1, 0.15) is 45.2 Å². The number of urea groups is 1. The second-order valence-corrected chi connectivity index (χ2v) is 6.58. The third-order valence-corrected chi connectivity index (χ3v) is 5.00. The van der Waals surface area contributed by atoms with Gasteiger partial charge in [0.2, 0.25) is 5.91 Å². The van der Waals surface area contributed by atoms with E-state index in [1.165, 1.54) is 0 Å². The Morgan fingerprint density at radius 1 is 1.12 bits per heavy atom. The molecule has 3 amide bonds. The maximum absolute atomic E-state index is 12.2. The Labute approximate surface area is 153 Å². The minimum atomic E-state index is -0.905. The number of benzene rings is 1. The van der Waals surface area contributed by atoms with Gasteiger partial charge in [-0.25, -0.2) is 4.79 Å². The summed E-state index contributed by atoms with van der Waals surface area (Å²) in [5.41, 5.74) is 1.58. The maximum atomic E-state index is 12.2. The van der Waals surface area contributed by atoms with E-state index in [0.29, 0.717) is 31.6 Å². The smallest absolute Gasteiger partial charge is 0.321 e. The van der Waals surface area contributed by atoms with E-state index >= 15 is 0 Å². The number of nitrogens with one attached hydrogen (secondary N) is 2. The maximum Gasteiger partial charge on any atom is 0.321 e. The number of amides is 3. The second kappa shape index (κ2) is 8.69. The van der Waals surface area contributed by atoms with Gasteiger partial charge in [-0.15, -0.1) is 0 Å². The number of carbonyl (C=O) groups is 3. The van der Waals surface area contributed by atoms with Crippen molar-refractivity contribution in [1.82, 2.24) is 10.2 Å². The number of anilines is 1. The number of aliphatic carboxylic acids is 1. The van der Waals surface area contributed by atoms with Crippen LogP contribution in [0.3, 0.4) is 0 Å². The molecule has 1 aliphatic carbocycles. The summed E-state index contributed by atoms with van der Waals surface area (Å²) in [5, 5.41) is 14.8. The quantitative estimate of drug-likeness (QED) is 0.695. The monoisotopic (exact) mass is 361 g/mol. The van der Waals surface area contributed by atoms with Crippen molar-refractivity contribution < 1.29 is 19.5 Å². The Morgan fingerprint density at radius 3 is 2.15 bits per heavy atom. The van der Waals surface area contributed by atoms with Crippen LogP contribution in [-0.2, 0) is 9.59 Å². The lowest BCUT2D eigenvalue weighted by atomic mass is 9.73. The van der Waals surface area contributed by atoms with Crippen LogP contribution in [-0.4, -0.2) is 41.0 Å². The van der Waals surface area contributed by atoms with E-state index in [1.807, 2.05) is 32.9 Å². The first-order chi connectivity index (χ1) is 12.4. The predicted octanol–water partition coefficient (Wildman–Crippen LogP) is 2.85. The molecule has 0 spiro atoms. The summed E-state index contributed by atoms with van der Waals surface area (Å²) in [6.07, 6.45) is 1.18. The standard InChI is InChI=1S/C19H27N3O4/c1-4-22(5-2)19(26)21-14-8-6-13(7-9-14)12(3)20-17(23)15-10-11-16(15)18(24)25/h6-9,12,15-16H,4-5,10-11H2,1-3H3,(H,20,23)(H,21,26)(H,24,25). The summed E-state index contributed by atoms with van der Waals surface area (Å²) in [4.78, 5) is 37.0. The van der Waals surface area contributed by atoms with Gasteiger partial charge in [0.15, 0.2) is 0 Å². The van der Waals surface area contributed by atoms with Crippen LogP contribution in [0.4, 0.5) is 10.5 Å². The topological polar surface area (TPSA) is 98.7 Å². The van der Waals surface area contributed by atoms with E-state index in [1.54, 1.807) is 17.0 Å². The van der Waals surface area contributed by atoms with Gasteiger partial charge in [-0.1, -0.05) is 12.1 Å². The van der Waals surface area contributed by atoms with E-state index in [9.17, 15) is 14.4 Å². The van der Waals surface area contributed by atoms with Gasteiger partial charge < -0.3 is 20.6 Å². The van der Waals surface area contributed by atoms with Crippen LogP contribution in [0.25, 0.3) is 0 Å². The fourth-order valence-electron chi connectivity index (χ4n) is 3.08. The second-order valence-electron chi connectivity index (χ2n) is 6.58. The molecule has 1 aliphatic rings. The fraction of sp³-hybridized carbons (Fsp3) is 0.526. The van der Waals surface area contributed by atoms with Gasteiger partial charge >= 0.3 is 12.0 Å². The molecule has 0 aliphatic heterocycles. The normalized spacial score (nSPS) is 19.8. The molecule has 26 heavy (non-hydrogen) atoms. The first kappa shape index (κ1) is 19.8. The third kappa shape index (κ3) is 4.53. The molecule has 1 aromatic carbocycles. The lowest BCUT2D eigenvalue weighted by molar-refractivity contribution is -0.152. The van der Waals surface area contributed by atoms with Crippen LogP contribution < -0.4 is 10.6 Å². The van der Waals surface area contributed by atoms with Crippen molar-refractivity contribution in [3.8, 4) is 0 Å². The van der Waals surface area contributed by atoms with Gasteiger partial charge in [0.25, 0.3) is 0 Å². The molecule has 3 N–H and O–H groups in total. The number of carboxylic acids is 1. The third-order valence-electron chi connectivity index (χ3n) is 5.00. The Bertz CT molecular complexity index is 655. The first-order valence-corrected chi connectivity index (χ1v) is 9.06. The van der Waals surface area contributed by atoms with Gasteiger partial charge in [0.1, 0.15) is 0 Å². The summed E-state index contributed by atoms with van der Waals surface area (Å²) in [5.74, 6) is -2.13. The Hall–Kier alpha value is -2.57. The molecule has 0 saturated heterocycles. The van der Waals surface area contributed by atoms with E-state index in [0.717, 1.165) is 5.56 Å². The van der Waals surface area contributed by atoms with E-state index in [-0.39, 0.29) is 18.0 Å². The summed E-state index contributed by atoms with van der Waals surface area (Å²) >= 11 is 0. The predicted molar refractivity (Wildman–Crippen MR) is 98.8 cm³/mol. The van der Waals surface area contributed by atoms with Crippen molar-refractivity contribution >= 4 is 23.6 Å².